The second kappa shape index (κ2) is 5.97. The van der Waals surface area contributed by atoms with Crippen LogP contribution in [0.5, 0.6) is 0 Å². The summed E-state index contributed by atoms with van der Waals surface area (Å²) in [7, 11) is 0. The molecular formula is C8H18N2O2. The predicted octanol–water partition coefficient (Wildman–Crippen LogP) is -0.389. The first-order valence-corrected chi connectivity index (χ1v) is 4.25. The van der Waals surface area contributed by atoms with Crippen LogP contribution in [0.25, 0.3) is 0 Å². The van der Waals surface area contributed by atoms with Gasteiger partial charge in [-0.25, -0.2) is 0 Å². The fraction of sp³-hybridized carbons (Fsp3) is 0.875. The molecule has 4 nitrogen and oxygen atoms in total. The molecule has 2 atom stereocenters. The number of carbonyl (C=O) groups excluding carboxylic acids is 1. The van der Waals surface area contributed by atoms with Crippen LogP contribution in [0.15, 0.2) is 0 Å². The molecule has 0 aliphatic rings. The first-order valence-electron chi connectivity index (χ1n) is 4.25. The maximum atomic E-state index is 10.9. The van der Waals surface area contributed by atoms with Crippen molar-refractivity contribution in [3.05, 3.63) is 0 Å². The molecule has 0 spiro atoms. The molecule has 0 heterocycles. The molecule has 0 aromatic carbocycles. The largest absolute Gasteiger partial charge is 0.393 e. The summed E-state index contributed by atoms with van der Waals surface area (Å²) in [5.74, 6) is -0.138. The van der Waals surface area contributed by atoms with Crippen LogP contribution in [-0.2, 0) is 4.79 Å². The SMILES string of the molecule is CC(O)CCCNC(=O)[C@@H](C)N. The van der Waals surface area contributed by atoms with E-state index in [1.165, 1.54) is 0 Å². The van der Waals surface area contributed by atoms with Crippen molar-refractivity contribution in [1.29, 1.82) is 0 Å². The summed E-state index contributed by atoms with van der Waals surface area (Å²) in [6, 6.07) is -0.448. The minimum atomic E-state index is -0.448. The van der Waals surface area contributed by atoms with E-state index < -0.39 is 6.04 Å². The molecule has 0 fully saturated rings. The number of aliphatic hydroxyl groups is 1. The van der Waals surface area contributed by atoms with Crippen LogP contribution in [0.2, 0.25) is 0 Å². The van der Waals surface area contributed by atoms with Gasteiger partial charge in [-0.3, -0.25) is 4.79 Å². The van der Waals surface area contributed by atoms with E-state index in [1.54, 1.807) is 13.8 Å². The average Bonchev–Trinajstić information content (AvgIpc) is 1.97. The van der Waals surface area contributed by atoms with Gasteiger partial charge in [0.2, 0.25) is 5.91 Å². The summed E-state index contributed by atoms with van der Waals surface area (Å²) in [4.78, 5) is 10.9. The lowest BCUT2D eigenvalue weighted by atomic mass is 10.2. The third-order valence-corrected chi connectivity index (χ3v) is 1.51. The minimum absolute atomic E-state index is 0.138. The van der Waals surface area contributed by atoms with Crippen LogP contribution in [0.1, 0.15) is 26.7 Å². The lowest BCUT2D eigenvalue weighted by molar-refractivity contribution is -0.122. The van der Waals surface area contributed by atoms with Gasteiger partial charge in [-0.2, -0.15) is 0 Å². The molecule has 4 N–H and O–H groups in total. The lowest BCUT2D eigenvalue weighted by Gasteiger charge is -2.07. The van der Waals surface area contributed by atoms with E-state index >= 15 is 0 Å². The summed E-state index contributed by atoms with van der Waals surface area (Å²) >= 11 is 0. The Labute approximate surface area is 73.1 Å². The van der Waals surface area contributed by atoms with Crippen LogP contribution in [0, 0.1) is 0 Å². The molecule has 0 bridgehead atoms. The van der Waals surface area contributed by atoms with Crippen molar-refractivity contribution in [2.45, 2.75) is 38.8 Å². The molecule has 0 aliphatic carbocycles. The van der Waals surface area contributed by atoms with Gasteiger partial charge in [0.15, 0.2) is 0 Å². The Balaban J connectivity index is 3.26. The first kappa shape index (κ1) is 11.4. The zero-order chi connectivity index (χ0) is 9.56. The van der Waals surface area contributed by atoms with Crippen molar-refractivity contribution in [1.82, 2.24) is 5.32 Å². The third-order valence-electron chi connectivity index (χ3n) is 1.51. The number of hydrogen-bond acceptors (Lipinski definition) is 3. The van der Waals surface area contributed by atoms with Crippen molar-refractivity contribution < 1.29 is 9.90 Å². The number of rotatable bonds is 5. The summed E-state index contributed by atoms with van der Waals surface area (Å²) in [5, 5.41) is 11.6. The Kier molecular flexibility index (Phi) is 5.66. The van der Waals surface area contributed by atoms with Gasteiger partial charge in [0.1, 0.15) is 0 Å². The van der Waals surface area contributed by atoms with E-state index in [-0.39, 0.29) is 12.0 Å². The van der Waals surface area contributed by atoms with E-state index in [1.807, 2.05) is 0 Å². The molecule has 4 heteroatoms. The van der Waals surface area contributed by atoms with Gasteiger partial charge < -0.3 is 16.2 Å². The second-order valence-corrected chi connectivity index (χ2v) is 3.07. The van der Waals surface area contributed by atoms with Gasteiger partial charge in [-0.1, -0.05) is 0 Å². The van der Waals surface area contributed by atoms with Crippen molar-refractivity contribution in [2.75, 3.05) is 6.54 Å². The highest BCUT2D eigenvalue weighted by atomic mass is 16.3. The molecule has 1 unspecified atom stereocenters. The van der Waals surface area contributed by atoms with Crippen molar-refractivity contribution in [2.24, 2.45) is 5.73 Å². The topological polar surface area (TPSA) is 75.3 Å². The van der Waals surface area contributed by atoms with E-state index in [9.17, 15) is 4.79 Å². The molecule has 0 aliphatic heterocycles. The number of nitrogens with one attached hydrogen (secondary N) is 1. The highest BCUT2D eigenvalue weighted by Crippen LogP contribution is 1.93. The molecular weight excluding hydrogens is 156 g/mol. The summed E-state index contributed by atoms with van der Waals surface area (Å²) in [6.45, 7) is 3.96. The fourth-order valence-corrected chi connectivity index (χ4v) is 0.770. The van der Waals surface area contributed by atoms with Crippen LogP contribution in [0.4, 0.5) is 0 Å². The number of aliphatic hydroxyl groups excluding tert-OH is 1. The van der Waals surface area contributed by atoms with Crippen LogP contribution < -0.4 is 11.1 Å². The zero-order valence-corrected chi connectivity index (χ0v) is 7.71. The molecule has 1 amide bonds. The smallest absolute Gasteiger partial charge is 0.236 e. The number of nitrogens with two attached hydrogens (primary N) is 1. The maximum Gasteiger partial charge on any atom is 0.236 e. The molecule has 0 saturated carbocycles. The average molecular weight is 174 g/mol. The highest BCUT2D eigenvalue weighted by Gasteiger charge is 2.05. The molecule has 12 heavy (non-hydrogen) atoms. The molecule has 0 rings (SSSR count). The number of carbonyl (C=O) groups is 1. The summed E-state index contributed by atoms with van der Waals surface area (Å²) < 4.78 is 0. The Morgan fingerprint density at radius 2 is 2.17 bits per heavy atom. The Hall–Kier alpha value is -0.610. The maximum absolute atomic E-state index is 10.9. The molecule has 0 aromatic heterocycles. The molecule has 0 saturated heterocycles. The molecule has 72 valence electrons. The Morgan fingerprint density at radius 3 is 2.58 bits per heavy atom. The fourth-order valence-electron chi connectivity index (χ4n) is 0.770. The normalized spacial score (nSPS) is 15.3. The van der Waals surface area contributed by atoms with Gasteiger partial charge in [0.25, 0.3) is 0 Å². The summed E-state index contributed by atoms with van der Waals surface area (Å²) in [5.41, 5.74) is 5.32. The highest BCUT2D eigenvalue weighted by molar-refractivity contribution is 5.80. The van der Waals surface area contributed by atoms with E-state index in [0.717, 1.165) is 6.42 Å². The van der Waals surface area contributed by atoms with E-state index in [2.05, 4.69) is 5.32 Å². The summed E-state index contributed by atoms with van der Waals surface area (Å²) in [6.07, 6.45) is 1.20. The van der Waals surface area contributed by atoms with Crippen molar-refractivity contribution in [3.63, 3.8) is 0 Å². The van der Waals surface area contributed by atoms with Gasteiger partial charge in [-0.05, 0) is 26.7 Å². The van der Waals surface area contributed by atoms with E-state index in [4.69, 9.17) is 10.8 Å². The predicted molar refractivity (Wildman–Crippen MR) is 47.6 cm³/mol. The van der Waals surface area contributed by atoms with E-state index in [0.29, 0.717) is 13.0 Å². The van der Waals surface area contributed by atoms with Gasteiger partial charge in [-0.15, -0.1) is 0 Å². The van der Waals surface area contributed by atoms with Gasteiger partial charge in [0, 0.05) is 6.54 Å². The van der Waals surface area contributed by atoms with Crippen molar-refractivity contribution in [3.8, 4) is 0 Å². The van der Waals surface area contributed by atoms with Gasteiger partial charge in [0.05, 0.1) is 12.1 Å². The van der Waals surface area contributed by atoms with Crippen LogP contribution >= 0.6 is 0 Å². The number of hydrogen-bond donors (Lipinski definition) is 3. The van der Waals surface area contributed by atoms with Gasteiger partial charge >= 0.3 is 0 Å². The Bertz CT molecular complexity index is 135. The second-order valence-electron chi connectivity index (χ2n) is 3.07. The third kappa shape index (κ3) is 6.12. The van der Waals surface area contributed by atoms with Crippen LogP contribution in [-0.4, -0.2) is 29.7 Å². The molecule has 0 aromatic rings. The molecule has 0 radical (unpaired) electrons. The Morgan fingerprint density at radius 1 is 1.58 bits per heavy atom. The quantitative estimate of drug-likeness (QED) is 0.497. The minimum Gasteiger partial charge on any atom is -0.393 e. The number of amides is 1. The monoisotopic (exact) mass is 174 g/mol. The lowest BCUT2D eigenvalue weighted by Crippen LogP contribution is -2.38. The van der Waals surface area contributed by atoms with Crippen molar-refractivity contribution >= 4 is 5.91 Å². The standard InChI is InChI=1S/C8H18N2O2/c1-6(11)4-3-5-10-8(12)7(2)9/h6-7,11H,3-5,9H2,1-2H3,(H,10,12)/t6?,7-/m1/s1. The van der Waals surface area contributed by atoms with Crippen LogP contribution in [0.3, 0.4) is 0 Å². The first-order chi connectivity index (χ1) is 5.54. The zero-order valence-electron chi connectivity index (χ0n) is 7.71.